The minimum absolute atomic E-state index is 0.113. The van der Waals surface area contributed by atoms with Crippen molar-refractivity contribution in [1.29, 1.82) is 0 Å². The zero-order valence-corrected chi connectivity index (χ0v) is 17.1. The van der Waals surface area contributed by atoms with E-state index in [1.165, 1.54) is 11.2 Å². The molecule has 0 saturated heterocycles. The highest BCUT2D eigenvalue weighted by Crippen LogP contribution is 2.32. The van der Waals surface area contributed by atoms with E-state index in [0.29, 0.717) is 16.3 Å². The third-order valence-electron chi connectivity index (χ3n) is 5.27. The second-order valence-electron chi connectivity index (χ2n) is 7.31. The summed E-state index contributed by atoms with van der Waals surface area (Å²) in [5, 5.41) is 3.59. The summed E-state index contributed by atoms with van der Waals surface area (Å²) in [7, 11) is 0. The van der Waals surface area contributed by atoms with Gasteiger partial charge in [-0.1, -0.05) is 30.5 Å². The summed E-state index contributed by atoms with van der Waals surface area (Å²) >= 11 is 6.21. The number of halogens is 1. The van der Waals surface area contributed by atoms with Crippen LogP contribution in [0.2, 0.25) is 5.02 Å². The van der Waals surface area contributed by atoms with Crippen molar-refractivity contribution in [2.75, 3.05) is 4.90 Å². The van der Waals surface area contributed by atoms with Crippen molar-refractivity contribution in [1.82, 2.24) is 10.3 Å². The number of aromatic nitrogens is 1. The van der Waals surface area contributed by atoms with E-state index >= 15 is 0 Å². The van der Waals surface area contributed by atoms with Crippen LogP contribution in [-0.4, -0.2) is 22.8 Å². The van der Waals surface area contributed by atoms with Crippen molar-refractivity contribution in [3.05, 3.63) is 83.5 Å². The maximum Gasteiger partial charge on any atom is 0.294 e. The topological polar surface area (TPSA) is 75.4 Å². The molecule has 1 saturated carbocycles. The van der Waals surface area contributed by atoms with Crippen LogP contribution in [0.4, 0.5) is 5.69 Å². The molecule has 1 aliphatic carbocycles. The van der Waals surface area contributed by atoms with Gasteiger partial charge in [-0.05, 0) is 60.9 Å². The molecule has 4 rings (SSSR count). The molecule has 2 heterocycles. The number of benzene rings is 1. The van der Waals surface area contributed by atoms with Gasteiger partial charge in [-0.15, -0.1) is 0 Å². The number of hydrogen-bond acceptors (Lipinski definition) is 4. The molecule has 30 heavy (non-hydrogen) atoms. The van der Waals surface area contributed by atoms with E-state index in [2.05, 4.69) is 10.3 Å². The van der Waals surface area contributed by atoms with Crippen LogP contribution in [-0.2, 0) is 4.79 Å². The summed E-state index contributed by atoms with van der Waals surface area (Å²) in [6, 6.07) is 12.8. The summed E-state index contributed by atoms with van der Waals surface area (Å²) < 4.78 is 5.36. The molecule has 3 aromatic rings. The third kappa shape index (κ3) is 4.39. The number of furan rings is 1. The Morgan fingerprint density at radius 3 is 2.53 bits per heavy atom. The summed E-state index contributed by atoms with van der Waals surface area (Å²) in [5.74, 6) is -0.527. The maximum atomic E-state index is 13.5. The third-order valence-corrected chi connectivity index (χ3v) is 5.50. The van der Waals surface area contributed by atoms with Crippen molar-refractivity contribution >= 4 is 29.1 Å². The molecule has 0 spiro atoms. The normalized spacial score (nSPS) is 15.0. The van der Waals surface area contributed by atoms with E-state index in [0.717, 1.165) is 25.7 Å². The van der Waals surface area contributed by atoms with E-state index in [9.17, 15) is 9.59 Å². The standard InChI is InChI=1S/C23H22ClN3O3/c24-17-5-3-8-19(15-17)27(23(29)20-9-4-14-30-20)21(16-10-12-25-13-11-16)22(28)26-18-6-1-2-7-18/h3-5,8-15,18,21H,1-2,6-7H2,(H,26,28)/t21-/m0/s1. The first-order valence-electron chi connectivity index (χ1n) is 9.96. The van der Waals surface area contributed by atoms with Gasteiger partial charge < -0.3 is 9.73 Å². The fraction of sp³-hybridized carbons (Fsp3) is 0.261. The lowest BCUT2D eigenvalue weighted by atomic mass is 10.0. The number of carbonyl (C=O) groups is 2. The van der Waals surface area contributed by atoms with Crippen LogP contribution in [0.1, 0.15) is 47.8 Å². The van der Waals surface area contributed by atoms with E-state index in [1.54, 1.807) is 60.9 Å². The summed E-state index contributed by atoms with van der Waals surface area (Å²) in [6.45, 7) is 0. The van der Waals surface area contributed by atoms with Crippen molar-refractivity contribution in [3.8, 4) is 0 Å². The highest BCUT2D eigenvalue weighted by atomic mass is 35.5. The summed E-state index contributed by atoms with van der Waals surface area (Å²) in [4.78, 5) is 32.4. The lowest BCUT2D eigenvalue weighted by molar-refractivity contribution is -0.123. The molecule has 0 aliphatic heterocycles. The number of carbonyl (C=O) groups excluding carboxylic acids is 2. The molecule has 0 bridgehead atoms. The molecular formula is C23H22ClN3O3. The van der Waals surface area contributed by atoms with Gasteiger partial charge in [0.15, 0.2) is 5.76 Å². The molecule has 2 amide bonds. The van der Waals surface area contributed by atoms with Gasteiger partial charge in [-0.3, -0.25) is 19.5 Å². The van der Waals surface area contributed by atoms with E-state index < -0.39 is 11.9 Å². The second-order valence-corrected chi connectivity index (χ2v) is 7.74. The molecule has 2 aromatic heterocycles. The Labute approximate surface area is 179 Å². The fourth-order valence-corrected chi connectivity index (χ4v) is 4.03. The number of hydrogen-bond donors (Lipinski definition) is 1. The molecule has 7 heteroatoms. The van der Waals surface area contributed by atoms with Crippen LogP contribution >= 0.6 is 11.6 Å². The van der Waals surface area contributed by atoms with Gasteiger partial charge in [0.05, 0.1) is 6.26 Å². The zero-order chi connectivity index (χ0) is 20.9. The average molecular weight is 424 g/mol. The van der Waals surface area contributed by atoms with Gasteiger partial charge in [-0.2, -0.15) is 0 Å². The molecule has 1 aromatic carbocycles. The van der Waals surface area contributed by atoms with Gasteiger partial charge in [-0.25, -0.2) is 0 Å². The van der Waals surface area contributed by atoms with Crippen LogP contribution < -0.4 is 10.2 Å². The second kappa shape index (κ2) is 9.13. The lowest BCUT2D eigenvalue weighted by Crippen LogP contribution is -2.46. The zero-order valence-electron chi connectivity index (χ0n) is 16.3. The number of pyridine rings is 1. The van der Waals surface area contributed by atoms with Gasteiger partial charge in [0, 0.05) is 29.1 Å². The largest absolute Gasteiger partial charge is 0.459 e. The van der Waals surface area contributed by atoms with E-state index in [4.69, 9.17) is 16.0 Å². The lowest BCUT2D eigenvalue weighted by Gasteiger charge is -2.31. The Hall–Kier alpha value is -3.12. The highest BCUT2D eigenvalue weighted by Gasteiger charge is 2.35. The average Bonchev–Trinajstić information content (AvgIpc) is 3.46. The molecule has 154 valence electrons. The van der Waals surface area contributed by atoms with Crippen LogP contribution in [0.5, 0.6) is 0 Å². The van der Waals surface area contributed by atoms with Crippen molar-refractivity contribution in [3.63, 3.8) is 0 Å². The highest BCUT2D eigenvalue weighted by molar-refractivity contribution is 6.31. The SMILES string of the molecule is O=C(NC1CCCC1)[C@H](c1ccncc1)N(C(=O)c1ccco1)c1cccc(Cl)c1. The van der Waals surface area contributed by atoms with Crippen molar-refractivity contribution in [2.24, 2.45) is 0 Å². The van der Waals surface area contributed by atoms with Crippen LogP contribution in [0.3, 0.4) is 0 Å². The van der Waals surface area contributed by atoms with Gasteiger partial charge in [0.25, 0.3) is 5.91 Å². The number of nitrogens with zero attached hydrogens (tertiary/aromatic N) is 2. The van der Waals surface area contributed by atoms with Crippen LogP contribution in [0.15, 0.2) is 71.6 Å². The number of nitrogens with one attached hydrogen (secondary N) is 1. The first kappa shape index (κ1) is 20.2. The smallest absolute Gasteiger partial charge is 0.294 e. The first-order valence-corrected chi connectivity index (χ1v) is 10.3. The predicted octanol–water partition coefficient (Wildman–Crippen LogP) is 4.77. The minimum atomic E-state index is -0.898. The number of amides is 2. The fourth-order valence-electron chi connectivity index (χ4n) is 3.84. The van der Waals surface area contributed by atoms with Crippen molar-refractivity contribution in [2.45, 2.75) is 37.8 Å². The van der Waals surface area contributed by atoms with Gasteiger partial charge >= 0.3 is 0 Å². The molecular weight excluding hydrogens is 402 g/mol. The number of anilines is 1. The Morgan fingerprint density at radius 2 is 1.87 bits per heavy atom. The predicted molar refractivity (Wildman–Crippen MR) is 114 cm³/mol. The molecule has 1 aliphatic rings. The molecule has 1 atom stereocenters. The Bertz CT molecular complexity index is 1000. The van der Waals surface area contributed by atoms with E-state index in [1.807, 2.05) is 0 Å². The molecule has 1 fully saturated rings. The minimum Gasteiger partial charge on any atom is -0.459 e. The number of rotatable bonds is 6. The van der Waals surface area contributed by atoms with Gasteiger partial charge in [0.1, 0.15) is 6.04 Å². The van der Waals surface area contributed by atoms with Crippen molar-refractivity contribution < 1.29 is 14.0 Å². The van der Waals surface area contributed by atoms with Crippen LogP contribution in [0.25, 0.3) is 0 Å². The van der Waals surface area contributed by atoms with E-state index in [-0.39, 0.29) is 17.7 Å². The monoisotopic (exact) mass is 423 g/mol. The quantitative estimate of drug-likeness (QED) is 0.619. The molecule has 0 unspecified atom stereocenters. The van der Waals surface area contributed by atoms with Crippen LogP contribution in [0, 0.1) is 0 Å². The Balaban J connectivity index is 1.79. The Kier molecular flexibility index (Phi) is 6.14. The van der Waals surface area contributed by atoms with Gasteiger partial charge in [0.2, 0.25) is 5.91 Å². The molecule has 0 radical (unpaired) electrons. The maximum absolute atomic E-state index is 13.5. The first-order chi connectivity index (χ1) is 14.6. The molecule has 1 N–H and O–H groups in total. The summed E-state index contributed by atoms with van der Waals surface area (Å²) in [5.41, 5.74) is 1.16. The Morgan fingerprint density at radius 1 is 1.10 bits per heavy atom. The molecule has 6 nitrogen and oxygen atoms in total. The summed E-state index contributed by atoms with van der Waals surface area (Å²) in [6.07, 6.45) is 8.72.